The van der Waals surface area contributed by atoms with Crippen LogP contribution in [-0.2, 0) is 20.2 Å². The lowest BCUT2D eigenvalue weighted by Gasteiger charge is -2.31. The number of halogens is 1. The van der Waals surface area contributed by atoms with E-state index in [1.165, 1.54) is 4.31 Å². The Hall–Kier alpha value is 0.0700. The summed E-state index contributed by atoms with van der Waals surface area (Å²) in [6.45, 7) is 0.409. The third-order valence-electron chi connectivity index (χ3n) is 2.29. The summed E-state index contributed by atoms with van der Waals surface area (Å²) in [5.74, 6) is -0.109. The molecule has 0 amide bonds. The van der Waals surface area contributed by atoms with Gasteiger partial charge in [0.1, 0.15) is 0 Å². The van der Waals surface area contributed by atoms with Crippen molar-refractivity contribution in [1.29, 1.82) is 0 Å². The van der Waals surface area contributed by atoms with Crippen molar-refractivity contribution in [3.05, 3.63) is 0 Å². The van der Waals surface area contributed by atoms with Gasteiger partial charge in [-0.3, -0.25) is 0 Å². The molecule has 1 rings (SSSR count). The molecule has 0 bridgehead atoms. The van der Waals surface area contributed by atoms with Crippen molar-refractivity contribution in [3.63, 3.8) is 0 Å². The molecule has 0 aliphatic carbocycles. The predicted octanol–water partition coefficient (Wildman–Crippen LogP) is -1.62. The molecule has 96 valence electrons. The largest absolute Gasteiger partial charge is 0.276 e. The number of hydrogen-bond acceptors (Lipinski definition) is 4. The van der Waals surface area contributed by atoms with Gasteiger partial charge in [-0.25, -0.2) is 13.6 Å². The van der Waals surface area contributed by atoms with E-state index in [2.05, 4.69) is 0 Å². The van der Waals surface area contributed by atoms with Gasteiger partial charge in [0.15, 0.2) is 0 Å². The Morgan fingerprint density at radius 2 is 1.44 bits per heavy atom. The smallest absolute Gasteiger partial charge is 0.216 e. The summed E-state index contributed by atoms with van der Waals surface area (Å²) >= 11 is 5.37. The minimum atomic E-state index is -3.72. The third-order valence-corrected chi connectivity index (χ3v) is 5.66. The SMILES string of the molecule is NS(=O)(=O)N1CCN(S(=O)(=O)CCCl)CC1. The first-order chi connectivity index (χ1) is 7.27. The summed E-state index contributed by atoms with van der Waals surface area (Å²) in [5, 5.41) is 4.93. The summed E-state index contributed by atoms with van der Waals surface area (Å²) in [6.07, 6.45) is 0. The van der Waals surface area contributed by atoms with Crippen molar-refractivity contribution in [2.24, 2.45) is 5.14 Å². The standard InChI is InChI=1S/C6H14ClN3O4S2/c7-1-6-15(11,12)9-2-4-10(5-3-9)16(8,13)14/h1-6H2,(H2,8,13,14). The highest BCUT2D eigenvalue weighted by Gasteiger charge is 2.29. The van der Waals surface area contributed by atoms with Crippen LogP contribution in [0, 0.1) is 0 Å². The number of nitrogens with two attached hydrogens (primary N) is 1. The van der Waals surface area contributed by atoms with E-state index in [1.54, 1.807) is 0 Å². The maximum atomic E-state index is 11.6. The van der Waals surface area contributed by atoms with Crippen LogP contribution in [0.2, 0.25) is 0 Å². The molecule has 0 unspecified atom stereocenters. The molecule has 1 saturated heterocycles. The molecule has 0 radical (unpaired) electrons. The highest BCUT2D eigenvalue weighted by molar-refractivity contribution is 7.89. The number of rotatable bonds is 4. The third kappa shape index (κ3) is 3.54. The minimum Gasteiger partial charge on any atom is -0.216 e. The quantitative estimate of drug-likeness (QED) is 0.629. The monoisotopic (exact) mass is 291 g/mol. The molecular weight excluding hydrogens is 278 g/mol. The zero-order valence-corrected chi connectivity index (χ0v) is 10.9. The van der Waals surface area contributed by atoms with Crippen LogP contribution in [0.3, 0.4) is 0 Å². The highest BCUT2D eigenvalue weighted by Crippen LogP contribution is 2.09. The summed E-state index contributed by atoms with van der Waals surface area (Å²) in [7, 11) is -7.08. The number of alkyl halides is 1. The van der Waals surface area contributed by atoms with E-state index in [0.717, 1.165) is 4.31 Å². The highest BCUT2D eigenvalue weighted by atomic mass is 35.5. The van der Waals surface area contributed by atoms with Crippen LogP contribution in [0.1, 0.15) is 0 Å². The first kappa shape index (κ1) is 14.1. The van der Waals surface area contributed by atoms with Crippen LogP contribution in [-0.4, -0.2) is 63.3 Å². The lowest BCUT2D eigenvalue weighted by Crippen LogP contribution is -2.52. The molecule has 1 heterocycles. The van der Waals surface area contributed by atoms with Crippen LogP contribution in [0.4, 0.5) is 0 Å². The lowest BCUT2D eigenvalue weighted by atomic mass is 10.4. The van der Waals surface area contributed by atoms with Gasteiger partial charge in [0, 0.05) is 32.1 Å². The van der Waals surface area contributed by atoms with Crippen molar-refractivity contribution in [1.82, 2.24) is 8.61 Å². The van der Waals surface area contributed by atoms with Crippen molar-refractivity contribution < 1.29 is 16.8 Å². The molecule has 1 fully saturated rings. The Morgan fingerprint density at radius 3 is 1.81 bits per heavy atom. The molecule has 0 spiro atoms. The fraction of sp³-hybridized carbons (Fsp3) is 1.00. The van der Waals surface area contributed by atoms with E-state index in [9.17, 15) is 16.8 Å². The van der Waals surface area contributed by atoms with E-state index < -0.39 is 20.2 Å². The predicted molar refractivity (Wildman–Crippen MR) is 60.8 cm³/mol. The molecule has 1 aliphatic rings. The van der Waals surface area contributed by atoms with Crippen LogP contribution in [0.5, 0.6) is 0 Å². The zero-order chi connectivity index (χ0) is 12.4. The summed E-state index contributed by atoms with van der Waals surface area (Å²) in [6, 6.07) is 0. The molecule has 2 N–H and O–H groups in total. The normalized spacial score (nSPS) is 21.1. The van der Waals surface area contributed by atoms with E-state index in [4.69, 9.17) is 16.7 Å². The van der Waals surface area contributed by atoms with Gasteiger partial charge in [-0.1, -0.05) is 0 Å². The Labute approximate surface area is 100 Å². The molecule has 7 nitrogen and oxygen atoms in total. The van der Waals surface area contributed by atoms with Crippen molar-refractivity contribution in [3.8, 4) is 0 Å². The topological polar surface area (TPSA) is 101 Å². The van der Waals surface area contributed by atoms with Gasteiger partial charge in [-0.2, -0.15) is 17.0 Å². The maximum Gasteiger partial charge on any atom is 0.276 e. The molecule has 0 saturated carbocycles. The van der Waals surface area contributed by atoms with Gasteiger partial charge in [0.05, 0.1) is 5.75 Å². The Morgan fingerprint density at radius 1 is 1.00 bits per heavy atom. The number of nitrogens with zero attached hydrogens (tertiary/aromatic N) is 2. The first-order valence-corrected chi connectivity index (χ1v) is 8.24. The second kappa shape index (κ2) is 5.15. The molecular formula is C6H14ClN3O4S2. The minimum absolute atomic E-state index is 0.0255. The van der Waals surface area contributed by atoms with Gasteiger partial charge in [-0.05, 0) is 0 Å². The second-order valence-electron chi connectivity index (χ2n) is 3.35. The summed E-state index contributed by atoms with van der Waals surface area (Å²) < 4.78 is 47.4. The summed E-state index contributed by atoms with van der Waals surface area (Å²) in [4.78, 5) is 0. The average Bonchev–Trinajstić information content (AvgIpc) is 2.16. The summed E-state index contributed by atoms with van der Waals surface area (Å²) in [5.41, 5.74) is 0. The fourth-order valence-corrected chi connectivity index (χ4v) is 3.86. The van der Waals surface area contributed by atoms with Crippen LogP contribution in [0.15, 0.2) is 0 Å². The lowest BCUT2D eigenvalue weighted by molar-refractivity contribution is 0.273. The van der Waals surface area contributed by atoms with Gasteiger partial charge in [0.25, 0.3) is 10.2 Å². The fourth-order valence-electron chi connectivity index (χ4n) is 1.43. The molecule has 0 aromatic carbocycles. The number of piperazine rings is 1. The molecule has 0 aromatic rings. The van der Waals surface area contributed by atoms with Crippen LogP contribution >= 0.6 is 11.6 Å². The van der Waals surface area contributed by atoms with E-state index >= 15 is 0 Å². The Bertz CT molecular complexity index is 427. The van der Waals surface area contributed by atoms with Crippen molar-refractivity contribution in [2.75, 3.05) is 37.8 Å². The number of hydrogen-bond donors (Lipinski definition) is 1. The van der Waals surface area contributed by atoms with Crippen LogP contribution in [0.25, 0.3) is 0 Å². The van der Waals surface area contributed by atoms with Gasteiger partial charge in [-0.15, -0.1) is 11.6 Å². The van der Waals surface area contributed by atoms with Gasteiger partial charge in [0.2, 0.25) is 10.0 Å². The van der Waals surface area contributed by atoms with E-state index in [-0.39, 0.29) is 37.8 Å². The van der Waals surface area contributed by atoms with Gasteiger partial charge < -0.3 is 0 Å². The van der Waals surface area contributed by atoms with Crippen molar-refractivity contribution in [2.45, 2.75) is 0 Å². The zero-order valence-electron chi connectivity index (χ0n) is 8.54. The van der Waals surface area contributed by atoms with E-state index in [1.807, 2.05) is 0 Å². The van der Waals surface area contributed by atoms with Gasteiger partial charge >= 0.3 is 0 Å². The molecule has 0 atom stereocenters. The molecule has 16 heavy (non-hydrogen) atoms. The Balaban J connectivity index is 2.63. The molecule has 1 aliphatic heterocycles. The van der Waals surface area contributed by atoms with E-state index in [0.29, 0.717) is 0 Å². The maximum absolute atomic E-state index is 11.6. The molecule has 10 heteroatoms. The average molecular weight is 292 g/mol. The van der Waals surface area contributed by atoms with Crippen LogP contribution < -0.4 is 5.14 Å². The van der Waals surface area contributed by atoms with Crippen molar-refractivity contribution >= 4 is 31.8 Å². The number of sulfonamides is 1. The Kier molecular flexibility index (Phi) is 4.55. The molecule has 0 aromatic heterocycles. The first-order valence-electron chi connectivity index (χ1n) is 4.59. The second-order valence-corrected chi connectivity index (χ2v) is 7.36.